The fourth-order valence-electron chi connectivity index (χ4n) is 1.61. The van der Waals surface area contributed by atoms with Gasteiger partial charge in [-0.3, -0.25) is 4.79 Å². The summed E-state index contributed by atoms with van der Waals surface area (Å²) < 4.78 is 1.34. The fourth-order valence-corrected chi connectivity index (χ4v) is 1.61. The number of aryl methyl sites for hydroxylation is 2. The monoisotopic (exact) mass is 230 g/mol. The Bertz CT molecular complexity index is 585. The number of aromatic nitrogens is 2. The summed E-state index contributed by atoms with van der Waals surface area (Å²) in [6.07, 6.45) is 0. The first kappa shape index (κ1) is 11.5. The van der Waals surface area contributed by atoms with E-state index >= 15 is 0 Å². The maximum atomic E-state index is 11.8. The van der Waals surface area contributed by atoms with Crippen LogP contribution in [-0.2, 0) is 6.61 Å². The van der Waals surface area contributed by atoms with Crippen molar-refractivity contribution in [3.05, 3.63) is 57.5 Å². The average Bonchev–Trinajstić information content (AvgIpc) is 2.33. The summed E-state index contributed by atoms with van der Waals surface area (Å²) >= 11 is 0. The first-order chi connectivity index (χ1) is 8.11. The molecule has 0 aliphatic heterocycles. The van der Waals surface area contributed by atoms with Crippen molar-refractivity contribution < 1.29 is 5.11 Å². The second-order valence-electron chi connectivity index (χ2n) is 4.00. The summed E-state index contributed by atoms with van der Waals surface area (Å²) in [6, 6.07) is 8.98. The van der Waals surface area contributed by atoms with Crippen molar-refractivity contribution in [2.45, 2.75) is 20.5 Å². The van der Waals surface area contributed by atoms with E-state index in [-0.39, 0.29) is 12.2 Å². The number of nitrogens with zero attached hydrogens (tertiary/aromatic N) is 2. The molecule has 1 heterocycles. The van der Waals surface area contributed by atoms with E-state index in [9.17, 15) is 4.79 Å². The van der Waals surface area contributed by atoms with Gasteiger partial charge in [-0.15, -0.1) is 0 Å². The minimum absolute atomic E-state index is 0.164. The van der Waals surface area contributed by atoms with Crippen molar-refractivity contribution in [3.63, 3.8) is 0 Å². The van der Waals surface area contributed by atoms with E-state index in [0.717, 1.165) is 11.3 Å². The van der Waals surface area contributed by atoms with Crippen LogP contribution in [0.15, 0.2) is 35.1 Å². The summed E-state index contributed by atoms with van der Waals surface area (Å²) in [7, 11) is 0. The molecule has 17 heavy (non-hydrogen) atoms. The van der Waals surface area contributed by atoms with Gasteiger partial charge in [0.25, 0.3) is 5.56 Å². The van der Waals surface area contributed by atoms with Crippen LogP contribution in [0.25, 0.3) is 5.69 Å². The predicted molar refractivity (Wildman–Crippen MR) is 65.2 cm³/mol. The quantitative estimate of drug-likeness (QED) is 0.847. The molecule has 0 saturated carbocycles. The van der Waals surface area contributed by atoms with E-state index < -0.39 is 0 Å². The maximum absolute atomic E-state index is 11.8. The van der Waals surface area contributed by atoms with Crippen LogP contribution in [0, 0.1) is 13.8 Å². The number of benzene rings is 1. The largest absolute Gasteiger partial charge is 0.392 e. The van der Waals surface area contributed by atoms with Gasteiger partial charge in [-0.2, -0.15) is 9.78 Å². The third kappa shape index (κ3) is 2.26. The van der Waals surface area contributed by atoms with Crippen molar-refractivity contribution >= 4 is 0 Å². The number of aliphatic hydroxyl groups is 1. The van der Waals surface area contributed by atoms with Crippen LogP contribution in [0.2, 0.25) is 0 Å². The third-order valence-corrected chi connectivity index (χ3v) is 2.67. The van der Waals surface area contributed by atoms with Gasteiger partial charge in [0.2, 0.25) is 0 Å². The minimum Gasteiger partial charge on any atom is -0.392 e. The highest BCUT2D eigenvalue weighted by Gasteiger charge is 2.05. The van der Waals surface area contributed by atoms with Gasteiger partial charge in [0.1, 0.15) is 0 Å². The van der Waals surface area contributed by atoms with E-state index in [4.69, 9.17) is 5.11 Å². The van der Waals surface area contributed by atoms with Crippen molar-refractivity contribution in [2.24, 2.45) is 0 Å². The van der Waals surface area contributed by atoms with Crippen molar-refractivity contribution in [3.8, 4) is 5.69 Å². The van der Waals surface area contributed by atoms with Gasteiger partial charge >= 0.3 is 0 Å². The summed E-state index contributed by atoms with van der Waals surface area (Å²) in [5, 5.41) is 13.2. The van der Waals surface area contributed by atoms with E-state index in [0.29, 0.717) is 11.3 Å². The minimum atomic E-state index is -0.233. The Hall–Kier alpha value is -1.94. The molecule has 0 unspecified atom stereocenters. The van der Waals surface area contributed by atoms with Crippen LogP contribution >= 0.6 is 0 Å². The zero-order chi connectivity index (χ0) is 12.4. The number of hydrogen-bond donors (Lipinski definition) is 1. The van der Waals surface area contributed by atoms with Crippen LogP contribution in [0.4, 0.5) is 0 Å². The number of rotatable bonds is 2. The van der Waals surface area contributed by atoms with E-state index in [1.54, 1.807) is 6.92 Å². The molecule has 0 amide bonds. The van der Waals surface area contributed by atoms with E-state index in [1.165, 1.54) is 10.7 Å². The van der Waals surface area contributed by atoms with E-state index in [2.05, 4.69) is 5.10 Å². The lowest BCUT2D eigenvalue weighted by Crippen LogP contribution is -2.22. The van der Waals surface area contributed by atoms with Crippen molar-refractivity contribution in [1.29, 1.82) is 0 Å². The molecule has 1 N–H and O–H groups in total. The topological polar surface area (TPSA) is 55.1 Å². The molecule has 4 heteroatoms. The number of aliphatic hydroxyl groups excluding tert-OH is 1. The van der Waals surface area contributed by atoms with Gasteiger partial charge in [0.05, 0.1) is 18.0 Å². The molecule has 0 radical (unpaired) electrons. The molecule has 4 nitrogen and oxygen atoms in total. The Labute approximate surface area is 99.2 Å². The van der Waals surface area contributed by atoms with Crippen LogP contribution in [0.1, 0.15) is 16.8 Å². The molecule has 0 fully saturated rings. The Kier molecular flexibility index (Phi) is 3.06. The molecule has 0 bridgehead atoms. The molecule has 0 saturated heterocycles. The second-order valence-corrected chi connectivity index (χ2v) is 4.00. The fraction of sp³-hybridized carbons (Fsp3) is 0.231. The molecule has 88 valence electrons. The van der Waals surface area contributed by atoms with Crippen LogP contribution in [0.5, 0.6) is 0 Å². The Balaban J connectivity index is 2.56. The zero-order valence-corrected chi connectivity index (χ0v) is 9.84. The second kappa shape index (κ2) is 4.51. The van der Waals surface area contributed by atoms with Crippen molar-refractivity contribution in [2.75, 3.05) is 0 Å². The molecule has 1 aromatic heterocycles. The lowest BCUT2D eigenvalue weighted by molar-refractivity contribution is 0.279. The maximum Gasteiger partial charge on any atom is 0.271 e. The van der Waals surface area contributed by atoms with Gasteiger partial charge in [0, 0.05) is 11.6 Å². The molecular weight excluding hydrogens is 216 g/mol. The van der Waals surface area contributed by atoms with Gasteiger partial charge in [-0.1, -0.05) is 17.7 Å². The summed E-state index contributed by atoms with van der Waals surface area (Å²) in [5.41, 5.74) is 2.85. The lowest BCUT2D eigenvalue weighted by Gasteiger charge is -2.08. The SMILES string of the molecule is Cc1ccc(-n2nc(C)c(CO)cc2=O)cc1. The van der Waals surface area contributed by atoms with Gasteiger partial charge in [0.15, 0.2) is 0 Å². The van der Waals surface area contributed by atoms with Crippen molar-refractivity contribution in [1.82, 2.24) is 9.78 Å². The smallest absolute Gasteiger partial charge is 0.271 e. The Morgan fingerprint density at radius 1 is 1.24 bits per heavy atom. The standard InChI is InChI=1S/C13H14N2O2/c1-9-3-5-12(6-4-9)15-13(17)7-11(8-16)10(2)14-15/h3-7,16H,8H2,1-2H3. The zero-order valence-electron chi connectivity index (χ0n) is 9.84. The molecule has 0 aliphatic carbocycles. The highest BCUT2D eigenvalue weighted by atomic mass is 16.3. The van der Waals surface area contributed by atoms with Gasteiger partial charge < -0.3 is 5.11 Å². The highest BCUT2D eigenvalue weighted by Crippen LogP contribution is 2.07. The summed E-state index contributed by atoms with van der Waals surface area (Å²) in [4.78, 5) is 11.8. The highest BCUT2D eigenvalue weighted by molar-refractivity contribution is 5.34. The first-order valence-electron chi connectivity index (χ1n) is 5.39. The Morgan fingerprint density at radius 3 is 2.47 bits per heavy atom. The summed E-state index contributed by atoms with van der Waals surface area (Å²) in [5.74, 6) is 0. The lowest BCUT2D eigenvalue weighted by atomic mass is 10.2. The predicted octanol–water partition coefficient (Wildman–Crippen LogP) is 1.34. The summed E-state index contributed by atoms with van der Waals surface area (Å²) in [6.45, 7) is 3.60. The molecular formula is C13H14N2O2. The molecule has 2 rings (SSSR count). The third-order valence-electron chi connectivity index (χ3n) is 2.67. The first-order valence-corrected chi connectivity index (χ1v) is 5.39. The Morgan fingerprint density at radius 2 is 1.88 bits per heavy atom. The molecule has 2 aromatic rings. The number of hydrogen-bond acceptors (Lipinski definition) is 3. The average molecular weight is 230 g/mol. The van der Waals surface area contributed by atoms with Crippen LogP contribution in [0.3, 0.4) is 0 Å². The normalized spacial score (nSPS) is 10.5. The molecule has 0 atom stereocenters. The van der Waals surface area contributed by atoms with Gasteiger partial charge in [-0.05, 0) is 26.0 Å². The molecule has 0 aliphatic rings. The van der Waals surface area contributed by atoms with Crippen LogP contribution in [-0.4, -0.2) is 14.9 Å². The molecule has 0 spiro atoms. The van der Waals surface area contributed by atoms with Crippen LogP contribution < -0.4 is 5.56 Å². The van der Waals surface area contributed by atoms with Gasteiger partial charge in [-0.25, -0.2) is 0 Å². The van der Waals surface area contributed by atoms with E-state index in [1.807, 2.05) is 31.2 Å². The molecule has 1 aromatic carbocycles.